The molecule has 1 amide bonds. The van der Waals surface area contributed by atoms with E-state index in [1.807, 2.05) is 11.8 Å². The molecule has 3 aromatic carbocycles. The first-order valence-electron chi connectivity index (χ1n) is 16.9. The van der Waals surface area contributed by atoms with E-state index in [9.17, 15) is 24.0 Å². The van der Waals surface area contributed by atoms with Gasteiger partial charge in [-0.15, -0.1) is 11.8 Å². The van der Waals surface area contributed by atoms with Gasteiger partial charge in [0.1, 0.15) is 0 Å². The molecule has 52 heavy (non-hydrogen) atoms. The quantitative estimate of drug-likeness (QED) is 0.149. The van der Waals surface area contributed by atoms with E-state index in [4.69, 9.17) is 20.4 Å². The molecule has 0 spiro atoms. The highest BCUT2D eigenvalue weighted by atomic mass is 32.2. The maximum absolute atomic E-state index is 13.0. The van der Waals surface area contributed by atoms with Crippen LogP contribution >= 0.6 is 11.8 Å². The van der Waals surface area contributed by atoms with Crippen molar-refractivity contribution in [3.05, 3.63) is 125 Å². The third-order valence-corrected chi connectivity index (χ3v) is 9.29. The van der Waals surface area contributed by atoms with Gasteiger partial charge in [0.05, 0.1) is 6.04 Å². The van der Waals surface area contributed by atoms with Crippen LogP contribution in [0, 0.1) is 0 Å². The Balaban J connectivity index is 0.000000380. The van der Waals surface area contributed by atoms with Gasteiger partial charge < -0.3 is 35.5 Å². The minimum Gasteiger partial charge on any atom is -0.478 e. The first-order chi connectivity index (χ1) is 25.0. The number of thioether (sulfide) groups is 1. The van der Waals surface area contributed by atoms with Crippen molar-refractivity contribution in [2.45, 2.75) is 42.4 Å². The summed E-state index contributed by atoms with van der Waals surface area (Å²) in [4.78, 5) is 57.6. The highest BCUT2D eigenvalue weighted by Gasteiger charge is 2.25. The van der Waals surface area contributed by atoms with Gasteiger partial charge >= 0.3 is 23.9 Å². The van der Waals surface area contributed by atoms with Crippen molar-refractivity contribution in [1.29, 1.82) is 0 Å². The Bertz CT molecular complexity index is 1580. The number of carboxylic acid groups (broad SMARTS) is 4. The second kappa shape index (κ2) is 22.6. The number of piperazine rings is 1. The highest BCUT2D eigenvalue weighted by molar-refractivity contribution is 7.98. The second-order valence-corrected chi connectivity index (χ2v) is 12.9. The fourth-order valence-electron chi connectivity index (χ4n) is 5.65. The minimum absolute atomic E-state index is 0.0701. The Kier molecular flexibility index (Phi) is 17.9. The van der Waals surface area contributed by atoms with E-state index in [1.54, 1.807) is 0 Å². The van der Waals surface area contributed by atoms with E-state index in [2.05, 4.69) is 94.0 Å². The number of fused-ring (bicyclic) bond motifs is 2. The minimum atomic E-state index is -1.26. The summed E-state index contributed by atoms with van der Waals surface area (Å²) >= 11 is 1.86. The van der Waals surface area contributed by atoms with Gasteiger partial charge in [-0.1, -0.05) is 72.8 Å². The first kappa shape index (κ1) is 41.2. The van der Waals surface area contributed by atoms with Gasteiger partial charge in [-0.05, 0) is 60.7 Å². The zero-order chi connectivity index (χ0) is 37.7. The molecule has 0 bridgehead atoms. The fourth-order valence-corrected chi connectivity index (χ4v) is 6.75. The zero-order valence-electron chi connectivity index (χ0n) is 28.8. The molecule has 2 aliphatic heterocycles. The normalized spacial score (nSPS) is 15.5. The number of nitrogens with zero attached hydrogens (tertiary/aromatic N) is 2. The Morgan fingerprint density at radius 2 is 1.12 bits per heavy atom. The number of rotatable bonds is 13. The molecule has 1 fully saturated rings. The van der Waals surface area contributed by atoms with Crippen molar-refractivity contribution in [3.8, 4) is 0 Å². The number of carbonyl (C=O) groups is 5. The summed E-state index contributed by atoms with van der Waals surface area (Å²) in [7, 11) is 0. The van der Waals surface area contributed by atoms with Gasteiger partial charge in [0.25, 0.3) is 0 Å². The summed E-state index contributed by atoms with van der Waals surface area (Å²) in [5, 5.41) is 34.6. The summed E-state index contributed by atoms with van der Waals surface area (Å²) in [5.74, 6) is -3.94. The number of aliphatic carboxylic acids is 4. The summed E-state index contributed by atoms with van der Waals surface area (Å²) in [6.07, 6.45) is 6.09. The molecule has 1 saturated heterocycles. The van der Waals surface area contributed by atoms with Gasteiger partial charge in [0.2, 0.25) is 5.91 Å². The molecule has 0 aromatic heterocycles. The van der Waals surface area contributed by atoms with Crippen LogP contribution in [0.1, 0.15) is 47.6 Å². The number of carboxylic acids is 4. The molecular formula is C39H45N3O9S. The summed E-state index contributed by atoms with van der Waals surface area (Å²) in [6, 6.07) is 27.7. The Labute approximate surface area is 307 Å². The molecule has 13 heteroatoms. The SMILES string of the molecule is O=C(CCCN1CCN(CCCc2ccccc2)CC1)NC1c2ccccc2CSc2ccccc21.O=C(O)/C=C\C(=O)O.O=C(O)/C=C\C(=O)O. The van der Waals surface area contributed by atoms with Crippen LogP contribution in [-0.2, 0) is 36.1 Å². The van der Waals surface area contributed by atoms with Gasteiger partial charge in [0.15, 0.2) is 0 Å². The van der Waals surface area contributed by atoms with Gasteiger partial charge in [-0.3, -0.25) is 4.79 Å². The molecule has 0 aliphatic carbocycles. The fraction of sp³-hybridized carbons (Fsp3) is 0.308. The Morgan fingerprint density at radius 1 is 0.635 bits per heavy atom. The van der Waals surface area contributed by atoms with Crippen LogP contribution < -0.4 is 5.32 Å². The summed E-state index contributed by atoms with van der Waals surface area (Å²) < 4.78 is 0. The Hall–Kier alpha value is -5.24. The van der Waals surface area contributed by atoms with Gasteiger partial charge in [-0.25, -0.2) is 19.2 Å². The molecule has 5 rings (SSSR count). The smallest absolute Gasteiger partial charge is 0.328 e. The average molecular weight is 732 g/mol. The standard InChI is InChI=1S/C31H37N3OS.2C4H4O4/c35-30(32-31-27-14-5-4-13-26(27)24-36-29-16-7-6-15-28(29)31)17-9-19-34-22-20-33(21-23-34)18-8-12-25-10-2-1-3-11-25;2*5-3(6)1-2-4(7)8/h1-7,10-11,13-16,31H,8-9,12,17-24H2,(H,32,35);2*1-2H,(H,5,6)(H,7,8)/b;2*2-1-. The van der Waals surface area contributed by atoms with E-state index in [-0.39, 0.29) is 11.9 Å². The number of benzene rings is 3. The van der Waals surface area contributed by atoms with Crippen molar-refractivity contribution >= 4 is 41.5 Å². The van der Waals surface area contributed by atoms with E-state index in [0.29, 0.717) is 30.7 Å². The van der Waals surface area contributed by atoms with Crippen LogP contribution in [0.15, 0.2) is 108 Å². The number of nitrogens with one attached hydrogen (secondary N) is 1. The molecule has 276 valence electrons. The molecule has 1 atom stereocenters. The molecule has 0 radical (unpaired) electrons. The average Bonchev–Trinajstić information content (AvgIpc) is 3.28. The van der Waals surface area contributed by atoms with Crippen LogP contribution in [0.25, 0.3) is 0 Å². The third-order valence-electron chi connectivity index (χ3n) is 8.15. The molecule has 3 aromatic rings. The molecule has 0 saturated carbocycles. The maximum Gasteiger partial charge on any atom is 0.328 e. The van der Waals surface area contributed by atoms with E-state index in [0.717, 1.165) is 51.3 Å². The van der Waals surface area contributed by atoms with Gasteiger partial charge in [-0.2, -0.15) is 0 Å². The molecule has 2 aliphatic rings. The lowest BCUT2D eigenvalue weighted by molar-refractivity contribution is -0.134. The monoisotopic (exact) mass is 731 g/mol. The van der Waals surface area contributed by atoms with E-state index in [1.165, 1.54) is 40.1 Å². The zero-order valence-corrected chi connectivity index (χ0v) is 29.6. The van der Waals surface area contributed by atoms with Crippen LogP contribution in [-0.4, -0.2) is 99.3 Å². The van der Waals surface area contributed by atoms with E-state index >= 15 is 0 Å². The highest BCUT2D eigenvalue weighted by Crippen LogP contribution is 2.39. The van der Waals surface area contributed by atoms with Crippen molar-refractivity contribution in [2.75, 3.05) is 39.3 Å². The number of hydrogen-bond donors (Lipinski definition) is 5. The molecular weight excluding hydrogens is 687 g/mol. The molecule has 2 heterocycles. The molecule has 12 nitrogen and oxygen atoms in total. The third kappa shape index (κ3) is 15.8. The number of hydrogen-bond acceptors (Lipinski definition) is 8. The lowest BCUT2D eigenvalue weighted by Crippen LogP contribution is -2.46. The number of carbonyl (C=O) groups excluding carboxylic acids is 1. The first-order valence-corrected chi connectivity index (χ1v) is 17.9. The molecule has 1 unspecified atom stereocenters. The summed E-state index contributed by atoms with van der Waals surface area (Å²) in [5.41, 5.74) is 5.19. The van der Waals surface area contributed by atoms with Crippen LogP contribution in [0.5, 0.6) is 0 Å². The van der Waals surface area contributed by atoms with Gasteiger partial charge in [0, 0.05) is 67.6 Å². The largest absolute Gasteiger partial charge is 0.478 e. The second-order valence-electron chi connectivity index (χ2n) is 11.9. The lowest BCUT2D eigenvalue weighted by atomic mass is 9.95. The number of aryl methyl sites for hydroxylation is 1. The van der Waals surface area contributed by atoms with Crippen molar-refractivity contribution in [3.63, 3.8) is 0 Å². The summed E-state index contributed by atoms with van der Waals surface area (Å²) in [6.45, 7) is 6.65. The predicted octanol–water partition coefficient (Wildman–Crippen LogP) is 4.95. The molecule has 5 N–H and O–H groups in total. The predicted molar refractivity (Wildman–Crippen MR) is 198 cm³/mol. The topological polar surface area (TPSA) is 185 Å². The van der Waals surface area contributed by atoms with Crippen LogP contribution in [0.3, 0.4) is 0 Å². The van der Waals surface area contributed by atoms with Crippen LogP contribution in [0.4, 0.5) is 0 Å². The van der Waals surface area contributed by atoms with Crippen LogP contribution in [0.2, 0.25) is 0 Å². The Morgan fingerprint density at radius 3 is 1.67 bits per heavy atom. The lowest BCUT2D eigenvalue weighted by Gasteiger charge is -2.34. The van der Waals surface area contributed by atoms with Crippen molar-refractivity contribution < 1.29 is 44.4 Å². The van der Waals surface area contributed by atoms with Crippen molar-refractivity contribution in [1.82, 2.24) is 15.1 Å². The van der Waals surface area contributed by atoms with E-state index < -0.39 is 23.9 Å². The maximum atomic E-state index is 13.0. The van der Waals surface area contributed by atoms with Crippen molar-refractivity contribution in [2.24, 2.45) is 0 Å². The number of amides is 1.